The molecule has 4 aliphatic heterocycles. The van der Waals surface area contributed by atoms with Crippen molar-refractivity contribution in [1.82, 2.24) is 9.80 Å². The van der Waals surface area contributed by atoms with Gasteiger partial charge in [-0.1, -0.05) is 13.8 Å². The van der Waals surface area contributed by atoms with Gasteiger partial charge in [0.1, 0.15) is 18.3 Å². The molecule has 4 aliphatic rings. The van der Waals surface area contributed by atoms with E-state index in [0.29, 0.717) is 19.4 Å². The molecule has 4 saturated heterocycles. The van der Waals surface area contributed by atoms with Gasteiger partial charge in [0, 0.05) is 45.2 Å². The second-order valence-electron chi connectivity index (χ2n) is 16.4. The lowest BCUT2D eigenvalue weighted by Crippen LogP contribution is -2.61. The number of carbonyl (C=O) groups is 1. The Kier molecular flexibility index (Phi) is 14.2. The van der Waals surface area contributed by atoms with E-state index in [9.17, 15) is 20.1 Å². The maximum atomic E-state index is 14.1. The first-order valence-electron chi connectivity index (χ1n) is 18.7. The summed E-state index contributed by atoms with van der Waals surface area (Å²) in [6.45, 7) is 16.6. The maximum absolute atomic E-state index is 14.1. The van der Waals surface area contributed by atoms with E-state index < -0.39 is 78.2 Å². The van der Waals surface area contributed by atoms with Crippen LogP contribution >= 0.6 is 0 Å². The summed E-state index contributed by atoms with van der Waals surface area (Å²) in [6, 6.07) is -0.389. The summed E-state index contributed by atoms with van der Waals surface area (Å²) in [7, 11) is 7.03. The molecule has 13 nitrogen and oxygen atoms in total. The molecule has 1 unspecified atom stereocenters. The fraction of sp³-hybridized carbons (Fsp3) is 0.973. The summed E-state index contributed by atoms with van der Waals surface area (Å²) >= 11 is 0. The van der Waals surface area contributed by atoms with Crippen molar-refractivity contribution in [3.63, 3.8) is 0 Å². The van der Waals surface area contributed by atoms with Crippen LogP contribution in [0.1, 0.15) is 87.5 Å². The molecular formula is C37H68N2O11. The van der Waals surface area contributed by atoms with Gasteiger partial charge in [-0.05, 0) is 93.8 Å². The highest BCUT2D eigenvalue weighted by atomic mass is 16.7. The van der Waals surface area contributed by atoms with Crippen LogP contribution in [0.25, 0.3) is 0 Å². The third kappa shape index (κ3) is 9.03. The number of piperidine rings is 1. The van der Waals surface area contributed by atoms with Gasteiger partial charge in [-0.25, -0.2) is 0 Å². The molecule has 0 spiro atoms. The van der Waals surface area contributed by atoms with Crippen molar-refractivity contribution in [2.45, 2.75) is 172 Å². The number of methoxy groups -OCH3 is 2. The number of hydrogen-bond acceptors (Lipinski definition) is 13. The zero-order valence-corrected chi connectivity index (χ0v) is 32.6. The SMILES string of the molecule is CO[C@]1(C)C[C@H](O[C@H]2[C@H](C)[C@@H](O[C@@H]3O[C@H](C)C[C@H](N(C)C)[C@H]3O)[C@@](C)(OC)C[C@@H](C)[C@H](O)[C@H](C)N3CCC[C@H](C3)OC(=O)[C@@H]2C)O[C@@H](C)[C@@H]1O. The van der Waals surface area contributed by atoms with Crippen LogP contribution in [0.15, 0.2) is 0 Å². The van der Waals surface area contributed by atoms with Crippen molar-refractivity contribution in [1.29, 1.82) is 0 Å². The molecule has 0 aromatic heterocycles. The lowest BCUT2D eigenvalue weighted by molar-refractivity contribution is -0.319. The predicted molar refractivity (Wildman–Crippen MR) is 186 cm³/mol. The second-order valence-corrected chi connectivity index (χ2v) is 16.4. The Hall–Kier alpha value is -0.970. The third-order valence-electron chi connectivity index (χ3n) is 12.3. The van der Waals surface area contributed by atoms with Crippen LogP contribution in [-0.4, -0.2) is 157 Å². The maximum Gasteiger partial charge on any atom is 0.311 e. The van der Waals surface area contributed by atoms with E-state index in [1.807, 2.05) is 60.5 Å². The van der Waals surface area contributed by atoms with E-state index in [2.05, 4.69) is 4.90 Å². The molecule has 50 heavy (non-hydrogen) atoms. The van der Waals surface area contributed by atoms with Crippen LogP contribution < -0.4 is 0 Å². The number of likely N-dealkylation sites (N-methyl/N-ethyl adjacent to an activating group) is 1. The fourth-order valence-corrected chi connectivity index (χ4v) is 8.87. The average molecular weight is 717 g/mol. The minimum absolute atomic E-state index is 0.179. The van der Waals surface area contributed by atoms with Crippen LogP contribution in [0.4, 0.5) is 0 Å². The lowest BCUT2D eigenvalue weighted by atomic mass is 9.76. The Labute approximate surface area is 300 Å². The Bertz CT molecular complexity index is 1100. The molecule has 0 aromatic rings. The molecule has 13 heteroatoms. The smallest absolute Gasteiger partial charge is 0.311 e. The Morgan fingerprint density at radius 1 is 0.900 bits per heavy atom. The number of hydrogen-bond donors (Lipinski definition) is 3. The molecule has 0 aliphatic carbocycles. The van der Waals surface area contributed by atoms with E-state index in [0.717, 1.165) is 19.4 Å². The number of carbonyl (C=O) groups excluding carboxylic acids is 1. The summed E-state index contributed by atoms with van der Waals surface area (Å²) in [5.41, 5.74) is -1.98. The number of aliphatic hydroxyl groups is 3. The van der Waals surface area contributed by atoms with Crippen LogP contribution in [0.2, 0.25) is 0 Å². The van der Waals surface area contributed by atoms with Gasteiger partial charge in [-0.15, -0.1) is 0 Å². The van der Waals surface area contributed by atoms with Crippen molar-refractivity contribution in [3.05, 3.63) is 0 Å². The van der Waals surface area contributed by atoms with Gasteiger partial charge in [-0.3, -0.25) is 9.69 Å². The standard InChI is InChI=1S/C37H68N2O11/c1-20-17-37(8,45-12)33(50-35-30(41)27(38(9)10)16-21(2)46-35)22(3)31(49-28-18-36(7,44-11)32(42)25(6)47-28)23(4)34(43)48-26-14-13-15-39(19-26)24(5)29(20)40/h20-33,35,40-42H,13-19H2,1-12H3/t20-,21-,22+,23-,24+,25+,26-,27+,28+,29+,30-,31+,32+,33-,35+,36-,37+/m1/s1. The first-order valence-corrected chi connectivity index (χ1v) is 18.7. The summed E-state index contributed by atoms with van der Waals surface area (Å²) < 4.78 is 44.5. The van der Waals surface area contributed by atoms with E-state index in [4.69, 9.17) is 33.2 Å². The van der Waals surface area contributed by atoms with Crippen molar-refractivity contribution >= 4 is 5.97 Å². The molecule has 4 heterocycles. The number of aliphatic hydroxyl groups excluding tert-OH is 3. The molecule has 18 atom stereocenters. The van der Waals surface area contributed by atoms with E-state index in [-0.39, 0.29) is 36.6 Å². The second kappa shape index (κ2) is 17.0. The molecular weight excluding hydrogens is 648 g/mol. The number of rotatable bonds is 7. The topological polar surface area (TPSA) is 149 Å². The van der Waals surface area contributed by atoms with Gasteiger partial charge >= 0.3 is 5.97 Å². The number of ether oxygens (including phenoxy) is 7. The quantitative estimate of drug-likeness (QED) is 0.332. The first kappa shape index (κ1) is 41.8. The van der Waals surface area contributed by atoms with Crippen LogP contribution in [-0.2, 0) is 38.0 Å². The highest BCUT2D eigenvalue weighted by Crippen LogP contribution is 2.41. The number of nitrogens with zero attached hydrogens (tertiary/aromatic N) is 2. The molecule has 0 aromatic carbocycles. The van der Waals surface area contributed by atoms with Crippen LogP contribution in [0, 0.1) is 17.8 Å². The monoisotopic (exact) mass is 716 g/mol. The van der Waals surface area contributed by atoms with Crippen LogP contribution in [0.5, 0.6) is 0 Å². The van der Waals surface area contributed by atoms with Gasteiger partial charge < -0.3 is 53.4 Å². The van der Waals surface area contributed by atoms with Crippen molar-refractivity contribution in [2.24, 2.45) is 17.8 Å². The van der Waals surface area contributed by atoms with Crippen molar-refractivity contribution in [2.75, 3.05) is 41.4 Å². The summed E-state index contributed by atoms with van der Waals surface area (Å²) in [5.74, 6) is -1.94. The summed E-state index contributed by atoms with van der Waals surface area (Å²) in [4.78, 5) is 18.3. The molecule has 2 bridgehead atoms. The zero-order chi connectivity index (χ0) is 37.3. The minimum Gasteiger partial charge on any atom is -0.461 e. The van der Waals surface area contributed by atoms with Crippen LogP contribution in [0.3, 0.4) is 0 Å². The summed E-state index contributed by atoms with van der Waals surface area (Å²) in [5, 5.41) is 34.2. The predicted octanol–water partition coefficient (Wildman–Crippen LogP) is 2.56. The van der Waals surface area contributed by atoms with Crippen molar-refractivity contribution < 1.29 is 53.3 Å². The highest BCUT2D eigenvalue weighted by Gasteiger charge is 2.52. The van der Waals surface area contributed by atoms with E-state index in [1.165, 1.54) is 0 Å². The Balaban J connectivity index is 1.80. The van der Waals surface area contributed by atoms with Gasteiger partial charge in [0.05, 0.1) is 47.6 Å². The first-order chi connectivity index (χ1) is 23.3. The van der Waals surface area contributed by atoms with E-state index >= 15 is 0 Å². The molecule has 3 N–H and O–H groups in total. The van der Waals surface area contributed by atoms with Gasteiger partial charge in [0.2, 0.25) is 0 Å². The minimum atomic E-state index is -1.03. The summed E-state index contributed by atoms with van der Waals surface area (Å²) in [6.07, 6.45) is -4.27. The lowest BCUT2D eigenvalue weighted by Gasteiger charge is -2.50. The molecule has 292 valence electrons. The van der Waals surface area contributed by atoms with Gasteiger partial charge in [-0.2, -0.15) is 0 Å². The third-order valence-corrected chi connectivity index (χ3v) is 12.3. The molecule has 4 fully saturated rings. The number of esters is 1. The normalized spacial score (nSPS) is 50.0. The molecule has 4 rings (SSSR count). The van der Waals surface area contributed by atoms with Gasteiger partial charge in [0.25, 0.3) is 0 Å². The zero-order valence-electron chi connectivity index (χ0n) is 32.6. The van der Waals surface area contributed by atoms with E-state index in [1.54, 1.807) is 28.1 Å². The Morgan fingerprint density at radius 3 is 2.18 bits per heavy atom. The molecule has 0 amide bonds. The Morgan fingerprint density at radius 2 is 1.56 bits per heavy atom. The largest absolute Gasteiger partial charge is 0.461 e. The molecule has 0 radical (unpaired) electrons. The average Bonchev–Trinajstić information content (AvgIpc) is 3.07. The van der Waals surface area contributed by atoms with Crippen molar-refractivity contribution in [3.8, 4) is 0 Å². The van der Waals surface area contributed by atoms with Gasteiger partial charge in [0.15, 0.2) is 12.6 Å². The molecule has 0 saturated carbocycles. The fourth-order valence-electron chi connectivity index (χ4n) is 8.87. The number of fused-ring (bicyclic) bond motifs is 2. The highest BCUT2D eigenvalue weighted by molar-refractivity contribution is 5.73.